The second-order valence-electron chi connectivity index (χ2n) is 4.04. The summed E-state index contributed by atoms with van der Waals surface area (Å²) in [5, 5.41) is 3.72. The minimum atomic E-state index is 0.403. The van der Waals surface area contributed by atoms with Crippen LogP contribution in [-0.2, 0) is 4.74 Å². The van der Waals surface area contributed by atoms with Gasteiger partial charge in [0.25, 0.3) is 0 Å². The molecular formula is C10H19NOS. The van der Waals surface area contributed by atoms with Crippen LogP contribution >= 0.6 is 11.8 Å². The molecular weight excluding hydrogens is 182 g/mol. The molecule has 1 aliphatic carbocycles. The molecule has 2 aliphatic rings. The van der Waals surface area contributed by atoms with Crippen molar-refractivity contribution >= 4 is 11.8 Å². The molecule has 2 rings (SSSR count). The zero-order valence-electron chi connectivity index (χ0n) is 8.51. The molecule has 0 radical (unpaired) electrons. The van der Waals surface area contributed by atoms with Gasteiger partial charge in [0.1, 0.15) is 0 Å². The highest BCUT2D eigenvalue weighted by atomic mass is 32.2. The van der Waals surface area contributed by atoms with Crippen molar-refractivity contribution in [3.63, 3.8) is 0 Å². The van der Waals surface area contributed by atoms with E-state index in [4.69, 9.17) is 4.74 Å². The predicted octanol–water partition coefficient (Wildman–Crippen LogP) is 2.00. The van der Waals surface area contributed by atoms with Gasteiger partial charge >= 0.3 is 0 Å². The fraction of sp³-hybridized carbons (Fsp3) is 1.00. The lowest BCUT2D eigenvalue weighted by atomic mass is 9.87. The average molecular weight is 201 g/mol. The standard InChI is InChI=1S/C10H19NOS/c1-3-8-7-13-10(11-8)5-9(6-10)12-4-2/h8-9,11H,3-7H2,1-2H3. The van der Waals surface area contributed by atoms with Crippen LogP contribution in [0.3, 0.4) is 0 Å². The fourth-order valence-corrected chi connectivity index (χ4v) is 3.90. The average Bonchev–Trinajstić information content (AvgIpc) is 2.48. The van der Waals surface area contributed by atoms with E-state index < -0.39 is 0 Å². The second kappa shape index (κ2) is 3.79. The minimum Gasteiger partial charge on any atom is -0.378 e. The van der Waals surface area contributed by atoms with Crippen molar-refractivity contribution in [1.29, 1.82) is 0 Å². The first-order valence-corrected chi connectivity index (χ1v) is 6.30. The summed E-state index contributed by atoms with van der Waals surface area (Å²) in [5.74, 6) is 1.29. The van der Waals surface area contributed by atoms with Crippen molar-refractivity contribution in [3.8, 4) is 0 Å². The first-order chi connectivity index (χ1) is 6.28. The van der Waals surface area contributed by atoms with E-state index in [1.807, 2.05) is 0 Å². The van der Waals surface area contributed by atoms with E-state index in [0.717, 1.165) is 12.6 Å². The smallest absolute Gasteiger partial charge is 0.0697 e. The Morgan fingerprint density at radius 1 is 1.46 bits per heavy atom. The van der Waals surface area contributed by atoms with Gasteiger partial charge in [-0.3, -0.25) is 5.32 Å². The third-order valence-electron chi connectivity index (χ3n) is 3.04. The summed E-state index contributed by atoms with van der Waals surface area (Å²) in [6, 6.07) is 0.743. The molecule has 0 amide bonds. The Bertz CT molecular complexity index is 180. The topological polar surface area (TPSA) is 21.3 Å². The molecule has 1 heterocycles. The lowest BCUT2D eigenvalue weighted by Crippen LogP contribution is -2.54. The van der Waals surface area contributed by atoms with E-state index in [1.165, 1.54) is 25.0 Å². The maximum absolute atomic E-state index is 5.58. The molecule has 1 saturated heterocycles. The Kier molecular flexibility index (Phi) is 2.86. The summed E-state index contributed by atoms with van der Waals surface area (Å²) in [6.45, 7) is 5.20. The SMILES string of the molecule is CCOC1CC2(C1)NC(CC)CS2. The summed E-state index contributed by atoms with van der Waals surface area (Å²) in [4.78, 5) is 0.403. The molecule has 1 aliphatic heterocycles. The lowest BCUT2D eigenvalue weighted by molar-refractivity contribution is -0.0199. The molecule has 1 unspecified atom stereocenters. The van der Waals surface area contributed by atoms with E-state index in [1.54, 1.807) is 0 Å². The van der Waals surface area contributed by atoms with Gasteiger partial charge in [-0.15, -0.1) is 11.8 Å². The summed E-state index contributed by atoms with van der Waals surface area (Å²) >= 11 is 2.10. The van der Waals surface area contributed by atoms with Crippen molar-refractivity contribution in [2.24, 2.45) is 0 Å². The van der Waals surface area contributed by atoms with Crippen LogP contribution in [0.25, 0.3) is 0 Å². The highest BCUT2D eigenvalue weighted by molar-refractivity contribution is 8.01. The molecule has 0 aromatic heterocycles. The molecule has 1 N–H and O–H groups in total. The maximum atomic E-state index is 5.58. The highest BCUT2D eigenvalue weighted by Gasteiger charge is 2.49. The van der Waals surface area contributed by atoms with Gasteiger partial charge in [0, 0.05) is 31.2 Å². The third-order valence-corrected chi connectivity index (χ3v) is 4.61. The van der Waals surface area contributed by atoms with Gasteiger partial charge in [0.15, 0.2) is 0 Å². The van der Waals surface area contributed by atoms with Gasteiger partial charge in [-0.1, -0.05) is 6.92 Å². The van der Waals surface area contributed by atoms with Crippen molar-refractivity contribution in [2.45, 2.75) is 50.1 Å². The molecule has 0 bridgehead atoms. The molecule has 2 nitrogen and oxygen atoms in total. The number of nitrogens with one attached hydrogen (secondary N) is 1. The van der Waals surface area contributed by atoms with Crippen molar-refractivity contribution in [2.75, 3.05) is 12.4 Å². The molecule has 0 aromatic carbocycles. The Labute approximate surface area is 84.8 Å². The maximum Gasteiger partial charge on any atom is 0.0697 e. The van der Waals surface area contributed by atoms with Crippen molar-refractivity contribution < 1.29 is 4.74 Å². The van der Waals surface area contributed by atoms with Crippen LogP contribution < -0.4 is 5.32 Å². The first kappa shape index (κ1) is 9.81. The van der Waals surface area contributed by atoms with E-state index in [2.05, 4.69) is 30.9 Å². The minimum absolute atomic E-state index is 0.403. The number of hydrogen-bond acceptors (Lipinski definition) is 3. The Balaban J connectivity index is 1.78. The van der Waals surface area contributed by atoms with Crippen LogP contribution in [0, 0.1) is 0 Å². The van der Waals surface area contributed by atoms with Crippen LogP contribution in [0.5, 0.6) is 0 Å². The van der Waals surface area contributed by atoms with Crippen LogP contribution in [0.4, 0.5) is 0 Å². The summed E-state index contributed by atoms with van der Waals surface area (Å²) in [7, 11) is 0. The van der Waals surface area contributed by atoms with Gasteiger partial charge in [-0.25, -0.2) is 0 Å². The molecule has 1 spiro atoms. The van der Waals surface area contributed by atoms with E-state index in [9.17, 15) is 0 Å². The zero-order chi connectivity index (χ0) is 9.31. The van der Waals surface area contributed by atoms with Gasteiger partial charge in [-0.05, 0) is 13.3 Å². The molecule has 3 heteroatoms. The number of hydrogen-bond donors (Lipinski definition) is 1. The van der Waals surface area contributed by atoms with Crippen LogP contribution in [0.15, 0.2) is 0 Å². The van der Waals surface area contributed by atoms with Crippen LogP contribution in [-0.4, -0.2) is 29.4 Å². The van der Waals surface area contributed by atoms with Gasteiger partial charge in [0.2, 0.25) is 0 Å². The van der Waals surface area contributed by atoms with E-state index in [0.29, 0.717) is 11.0 Å². The van der Waals surface area contributed by atoms with Gasteiger partial charge in [0.05, 0.1) is 11.0 Å². The predicted molar refractivity (Wildman–Crippen MR) is 57.1 cm³/mol. The number of rotatable bonds is 3. The highest BCUT2D eigenvalue weighted by Crippen LogP contribution is 2.47. The van der Waals surface area contributed by atoms with Gasteiger partial charge in [-0.2, -0.15) is 0 Å². The van der Waals surface area contributed by atoms with Crippen molar-refractivity contribution in [1.82, 2.24) is 5.32 Å². The molecule has 13 heavy (non-hydrogen) atoms. The zero-order valence-corrected chi connectivity index (χ0v) is 9.32. The Morgan fingerprint density at radius 3 is 2.77 bits per heavy atom. The Hall–Kier alpha value is 0.270. The van der Waals surface area contributed by atoms with Crippen molar-refractivity contribution in [3.05, 3.63) is 0 Å². The monoisotopic (exact) mass is 201 g/mol. The summed E-state index contributed by atoms with van der Waals surface area (Å²) < 4.78 is 5.58. The normalized spacial score (nSPS) is 43.8. The molecule has 1 atom stereocenters. The second-order valence-corrected chi connectivity index (χ2v) is 5.44. The fourth-order valence-electron chi connectivity index (χ4n) is 2.20. The largest absolute Gasteiger partial charge is 0.378 e. The molecule has 2 fully saturated rings. The first-order valence-electron chi connectivity index (χ1n) is 5.31. The molecule has 76 valence electrons. The lowest BCUT2D eigenvalue weighted by Gasteiger charge is -2.44. The van der Waals surface area contributed by atoms with Crippen LogP contribution in [0.1, 0.15) is 33.1 Å². The summed E-state index contributed by atoms with van der Waals surface area (Å²) in [5.41, 5.74) is 0. The van der Waals surface area contributed by atoms with Gasteiger partial charge < -0.3 is 4.74 Å². The van der Waals surface area contributed by atoms with E-state index >= 15 is 0 Å². The van der Waals surface area contributed by atoms with E-state index in [-0.39, 0.29) is 0 Å². The number of thioether (sulfide) groups is 1. The molecule has 0 aromatic rings. The number of ether oxygens (including phenoxy) is 1. The quantitative estimate of drug-likeness (QED) is 0.754. The summed E-state index contributed by atoms with van der Waals surface area (Å²) in [6.07, 6.45) is 4.21. The molecule has 1 saturated carbocycles. The van der Waals surface area contributed by atoms with Crippen LogP contribution in [0.2, 0.25) is 0 Å². The Morgan fingerprint density at radius 2 is 2.23 bits per heavy atom. The third kappa shape index (κ3) is 1.88.